The van der Waals surface area contributed by atoms with Gasteiger partial charge in [-0.25, -0.2) is 29.3 Å². The van der Waals surface area contributed by atoms with E-state index in [-0.39, 0.29) is 5.69 Å². The minimum atomic E-state index is -0.320. The summed E-state index contributed by atoms with van der Waals surface area (Å²) in [5.41, 5.74) is 2.11. The number of imidazole rings is 1. The van der Waals surface area contributed by atoms with Crippen LogP contribution in [0.3, 0.4) is 0 Å². The van der Waals surface area contributed by atoms with E-state index in [1.807, 2.05) is 31.9 Å². The quantitative estimate of drug-likeness (QED) is 0.500. The Hall–Kier alpha value is -3.49. The third kappa shape index (κ3) is 2.84. The van der Waals surface area contributed by atoms with Crippen molar-refractivity contribution in [1.29, 1.82) is 0 Å². The Labute approximate surface area is 161 Å². The maximum absolute atomic E-state index is 12.6. The first-order valence-corrected chi connectivity index (χ1v) is 9.28. The van der Waals surface area contributed by atoms with Crippen molar-refractivity contribution in [1.82, 2.24) is 29.5 Å². The van der Waals surface area contributed by atoms with E-state index in [4.69, 9.17) is 9.72 Å². The third-order valence-electron chi connectivity index (χ3n) is 4.47. The van der Waals surface area contributed by atoms with Gasteiger partial charge >= 0.3 is 5.69 Å². The van der Waals surface area contributed by atoms with Crippen molar-refractivity contribution in [2.75, 3.05) is 25.1 Å². The van der Waals surface area contributed by atoms with Crippen LogP contribution in [0.25, 0.3) is 28.0 Å². The van der Waals surface area contributed by atoms with Crippen LogP contribution in [0, 0.1) is 0 Å². The standard InChI is InChI=1S/C17H15N7O2.C2H6/c1-23-7-2-8-26-11-5-6-18-15-14(11)24(17(25)22-15)12-4-3-10-13(21-12)16(23)20-9-19-10;1-2/h3-6,9H,2,7-8H2,1H3,(H,18,22,25);1-2H3. The number of hydrogen-bond donors (Lipinski definition) is 1. The molecule has 1 aliphatic heterocycles. The molecule has 2 bridgehead atoms. The Morgan fingerprint density at radius 3 is 2.86 bits per heavy atom. The molecule has 0 aromatic carbocycles. The van der Waals surface area contributed by atoms with Crippen molar-refractivity contribution in [3.8, 4) is 11.6 Å². The number of pyridine rings is 2. The summed E-state index contributed by atoms with van der Waals surface area (Å²) >= 11 is 0. The highest BCUT2D eigenvalue weighted by atomic mass is 16.5. The number of ether oxygens (including phenoxy) is 1. The number of nitrogens with one attached hydrogen (secondary N) is 1. The van der Waals surface area contributed by atoms with Gasteiger partial charge in [-0.1, -0.05) is 13.8 Å². The van der Waals surface area contributed by atoms with Crippen LogP contribution in [-0.2, 0) is 0 Å². The van der Waals surface area contributed by atoms with E-state index in [1.165, 1.54) is 10.9 Å². The summed E-state index contributed by atoms with van der Waals surface area (Å²) in [5.74, 6) is 1.79. The average Bonchev–Trinajstić information content (AvgIpc) is 3.07. The molecule has 4 aromatic heterocycles. The highest BCUT2D eigenvalue weighted by Crippen LogP contribution is 2.27. The first-order chi connectivity index (χ1) is 13.7. The summed E-state index contributed by atoms with van der Waals surface area (Å²) < 4.78 is 7.41. The highest BCUT2D eigenvalue weighted by molar-refractivity contribution is 5.87. The van der Waals surface area contributed by atoms with Gasteiger partial charge in [0.25, 0.3) is 0 Å². The van der Waals surface area contributed by atoms with Crippen molar-refractivity contribution in [3.63, 3.8) is 0 Å². The van der Waals surface area contributed by atoms with E-state index in [9.17, 15) is 4.79 Å². The lowest BCUT2D eigenvalue weighted by Gasteiger charge is -2.20. The van der Waals surface area contributed by atoms with Crippen molar-refractivity contribution in [2.24, 2.45) is 0 Å². The Balaban J connectivity index is 0.000000932. The van der Waals surface area contributed by atoms with Gasteiger partial charge in [0.2, 0.25) is 0 Å². The maximum Gasteiger partial charge on any atom is 0.333 e. The molecule has 144 valence electrons. The fourth-order valence-corrected chi connectivity index (χ4v) is 3.25. The molecule has 4 aromatic rings. The molecular weight excluding hydrogens is 358 g/mol. The normalized spacial score (nSPS) is 13.5. The van der Waals surface area contributed by atoms with Crippen molar-refractivity contribution in [2.45, 2.75) is 20.3 Å². The van der Waals surface area contributed by atoms with Crippen LogP contribution in [0.15, 0.2) is 35.5 Å². The smallest absolute Gasteiger partial charge is 0.333 e. The molecule has 0 spiro atoms. The van der Waals surface area contributed by atoms with Crippen molar-refractivity contribution >= 4 is 28.0 Å². The Kier molecular flexibility index (Phi) is 4.64. The second-order valence-corrected chi connectivity index (χ2v) is 6.13. The van der Waals surface area contributed by atoms with E-state index in [0.717, 1.165) is 24.3 Å². The van der Waals surface area contributed by atoms with Gasteiger partial charge in [-0.05, 0) is 18.6 Å². The first kappa shape index (κ1) is 17.9. The lowest BCUT2D eigenvalue weighted by atomic mass is 10.3. The molecule has 0 saturated carbocycles. The zero-order valence-corrected chi connectivity index (χ0v) is 16.0. The minimum Gasteiger partial charge on any atom is -0.491 e. The predicted molar refractivity (Wildman–Crippen MR) is 107 cm³/mol. The van der Waals surface area contributed by atoms with Crippen molar-refractivity contribution in [3.05, 3.63) is 41.2 Å². The molecule has 0 aliphatic carbocycles. The number of nitrogens with zero attached hydrogens (tertiary/aromatic N) is 6. The molecule has 0 saturated heterocycles. The average molecular weight is 379 g/mol. The second-order valence-electron chi connectivity index (χ2n) is 6.13. The summed E-state index contributed by atoms with van der Waals surface area (Å²) in [6, 6.07) is 5.36. The van der Waals surface area contributed by atoms with Crippen LogP contribution in [0.2, 0.25) is 0 Å². The van der Waals surface area contributed by atoms with Crippen molar-refractivity contribution < 1.29 is 4.74 Å². The topological polar surface area (TPSA) is 102 Å². The molecule has 5 rings (SSSR count). The molecule has 28 heavy (non-hydrogen) atoms. The lowest BCUT2D eigenvalue weighted by Crippen LogP contribution is -2.23. The summed E-state index contributed by atoms with van der Waals surface area (Å²) in [6.07, 6.45) is 3.94. The van der Waals surface area contributed by atoms with E-state index in [0.29, 0.717) is 34.9 Å². The largest absolute Gasteiger partial charge is 0.491 e. The van der Waals surface area contributed by atoms with E-state index in [2.05, 4.69) is 19.9 Å². The molecule has 0 atom stereocenters. The molecule has 0 fully saturated rings. The molecule has 0 amide bonds. The van der Waals surface area contributed by atoms with Crippen LogP contribution in [0.5, 0.6) is 5.75 Å². The number of rotatable bonds is 0. The van der Waals surface area contributed by atoms with Gasteiger partial charge in [0.05, 0.1) is 12.1 Å². The lowest BCUT2D eigenvalue weighted by molar-refractivity contribution is 0.315. The van der Waals surface area contributed by atoms with Crippen LogP contribution in [0.1, 0.15) is 20.3 Å². The Morgan fingerprint density at radius 2 is 2.00 bits per heavy atom. The van der Waals surface area contributed by atoms with Crippen LogP contribution < -0.4 is 15.3 Å². The molecule has 0 radical (unpaired) electrons. The Morgan fingerprint density at radius 1 is 1.14 bits per heavy atom. The number of aromatic nitrogens is 6. The van der Waals surface area contributed by atoms with E-state index >= 15 is 0 Å². The SMILES string of the molecule is CC.CN1CCCOc2ccnc3[nH]c(=O)n(c23)-c2ccc3ncnc1c3n2. The number of anilines is 1. The predicted octanol–water partition coefficient (Wildman–Crippen LogP) is 2.30. The fourth-order valence-electron chi connectivity index (χ4n) is 3.25. The number of hydrogen-bond acceptors (Lipinski definition) is 7. The number of H-pyrrole nitrogens is 1. The number of fused-ring (bicyclic) bond motifs is 2. The van der Waals surface area contributed by atoms with Gasteiger partial charge in [0.1, 0.15) is 28.9 Å². The number of aromatic amines is 1. The molecule has 9 heteroatoms. The summed E-state index contributed by atoms with van der Waals surface area (Å²) in [7, 11) is 1.96. The van der Waals surface area contributed by atoms with Gasteiger partial charge in [-0.15, -0.1) is 0 Å². The summed E-state index contributed by atoms with van der Waals surface area (Å²) in [5, 5.41) is 0. The molecule has 0 unspecified atom stereocenters. The minimum absolute atomic E-state index is 0.320. The van der Waals surface area contributed by atoms with Crippen LogP contribution >= 0.6 is 0 Å². The molecule has 5 heterocycles. The van der Waals surface area contributed by atoms with Gasteiger partial charge in [0, 0.05) is 25.9 Å². The van der Waals surface area contributed by atoms with Gasteiger partial charge < -0.3 is 9.64 Å². The van der Waals surface area contributed by atoms with Gasteiger partial charge in [-0.2, -0.15) is 0 Å². The highest BCUT2D eigenvalue weighted by Gasteiger charge is 2.18. The van der Waals surface area contributed by atoms with E-state index in [1.54, 1.807) is 18.3 Å². The molecule has 9 nitrogen and oxygen atoms in total. The first-order valence-electron chi connectivity index (χ1n) is 9.28. The third-order valence-corrected chi connectivity index (χ3v) is 4.47. The molecule has 1 aliphatic rings. The monoisotopic (exact) mass is 379 g/mol. The van der Waals surface area contributed by atoms with Crippen LogP contribution in [-0.4, -0.2) is 49.7 Å². The Bertz CT molecular complexity index is 1200. The second kappa shape index (κ2) is 7.26. The van der Waals surface area contributed by atoms with E-state index < -0.39 is 0 Å². The molecular formula is C19H21N7O2. The molecule has 1 N–H and O–H groups in total. The summed E-state index contributed by atoms with van der Waals surface area (Å²) in [4.78, 5) is 35.0. The van der Waals surface area contributed by atoms with Crippen LogP contribution in [0.4, 0.5) is 5.82 Å². The van der Waals surface area contributed by atoms with Gasteiger partial charge in [-0.3, -0.25) is 4.98 Å². The van der Waals surface area contributed by atoms with Gasteiger partial charge in [0.15, 0.2) is 11.5 Å². The fraction of sp³-hybridized carbons (Fsp3) is 0.316. The maximum atomic E-state index is 12.6. The zero-order chi connectivity index (χ0) is 19.7. The summed E-state index contributed by atoms with van der Waals surface area (Å²) in [6.45, 7) is 5.27. The zero-order valence-electron chi connectivity index (χ0n) is 16.0.